The molecular formula is C14H21NO3. The Bertz CT molecular complexity index is 353. The molecule has 0 aliphatic carbocycles. The molecule has 4 nitrogen and oxygen atoms in total. The van der Waals surface area contributed by atoms with Gasteiger partial charge in [-0.1, -0.05) is 50.1 Å². The van der Waals surface area contributed by atoms with E-state index in [0.717, 1.165) is 19.3 Å². The fourth-order valence-electron chi connectivity index (χ4n) is 1.81. The van der Waals surface area contributed by atoms with Gasteiger partial charge in [0.2, 0.25) is 0 Å². The number of nitrogens with one attached hydrogen (secondary N) is 1. The third kappa shape index (κ3) is 4.47. The summed E-state index contributed by atoms with van der Waals surface area (Å²) in [6.45, 7) is 2.70. The van der Waals surface area contributed by atoms with Crippen LogP contribution < -0.4 is 5.32 Å². The summed E-state index contributed by atoms with van der Waals surface area (Å²) in [6.07, 6.45) is 2.04. The lowest BCUT2D eigenvalue weighted by Crippen LogP contribution is -2.42. The van der Waals surface area contributed by atoms with Gasteiger partial charge in [0.25, 0.3) is 0 Å². The molecule has 18 heavy (non-hydrogen) atoms. The largest absolute Gasteiger partial charge is 0.480 e. The molecule has 2 atom stereocenters. The second kappa shape index (κ2) is 7.84. The topological polar surface area (TPSA) is 69.6 Å². The molecule has 1 aromatic carbocycles. The molecule has 0 saturated carbocycles. The molecule has 0 fully saturated rings. The predicted molar refractivity (Wildman–Crippen MR) is 70.4 cm³/mol. The molecule has 3 N–H and O–H groups in total. The minimum atomic E-state index is -1.03. The number of unbranched alkanes of at least 4 members (excludes halogenated alkanes) is 2. The van der Waals surface area contributed by atoms with Gasteiger partial charge in [-0.05, 0) is 18.5 Å². The van der Waals surface area contributed by atoms with Crippen LogP contribution in [0.1, 0.15) is 37.9 Å². The quantitative estimate of drug-likeness (QED) is 0.618. The van der Waals surface area contributed by atoms with Gasteiger partial charge in [0.1, 0.15) is 12.1 Å². The van der Waals surface area contributed by atoms with E-state index in [1.54, 1.807) is 24.3 Å². The highest BCUT2D eigenvalue weighted by Crippen LogP contribution is 2.16. The zero-order valence-electron chi connectivity index (χ0n) is 10.7. The van der Waals surface area contributed by atoms with Crippen molar-refractivity contribution in [1.29, 1.82) is 0 Å². The summed E-state index contributed by atoms with van der Waals surface area (Å²) in [6, 6.07) is 7.91. The van der Waals surface area contributed by atoms with E-state index in [4.69, 9.17) is 5.11 Å². The Hall–Kier alpha value is -1.39. The van der Waals surface area contributed by atoms with E-state index in [0.29, 0.717) is 12.1 Å². The van der Waals surface area contributed by atoms with Crippen LogP contribution in [0.5, 0.6) is 0 Å². The number of aliphatic hydroxyl groups excluding tert-OH is 1. The van der Waals surface area contributed by atoms with Crippen molar-refractivity contribution in [2.45, 2.75) is 38.3 Å². The Labute approximate surface area is 108 Å². The van der Waals surface area contributed by atoms with Crippen molar-refractivity contribution < 1.29 is 15.0 Å². The molecule has 2 unspecified atom stereocenters. The van der Waals surface area contributed by atoms with Crippen LogP contribution in [0.3, 0.4) is 0 Å². The predicted octanol–water partition coefficient (Wildman–Crippen LogP) is 1.95. The molecule has 0 saturated heterocycles. The maximum absolute atomic E-state index is 11.2. The minimum absolute atomic E-state index is 0.606. The third-order valence-corrected chi connectivity index (χ3v) is 2.87. The van der Waals surface area contributed by atoms with Gasteiger partial charge >= 0.3 is 5.97 Å². The zero-order chi connectivity index (χ0) is 13.4. The van der Waals surface area contributed by atoms with Crippen molar-refractivity contribution in [3.05, 3.63) is 35.9 Å². The van der Waals surface area contributed by atoms with Crippen LogP contribution in [-0.2, 0) is 4.79 Å². The van der Waals surface area contributed by atoms with Crippen molar-refractivity contribution >= 4 is 5.97 Å². The number of carbonyl (C=O) groups is 1. The number of carboxylic acid groups (broad SMARTS) is 1. The molecule has 0 aliphatic rings. The van der Waals surface area contributed by atoms with Crippen LogP contribution >= 0.6 is 0 Å². The van der Waals surface area contributed by atoms with Gasteiger partial charge < -0.3 is 15.5 Å². The first-order valence-electron chi connectivity index (χ1n) is 6.36. The van der Waals surface area contributed by atoms with E-state index in [1.807, 2.05) is 6.07 Å². The normalized spacial score (nSPS) is 14.1. The summed E-state index contributed by atoms with van der Waals surface area (Å²) < 4.78 is 0. The van der Waals surface area contributed by atoms with Crippen molar-refractivity contribution in [3.8, 4) is 0 Å². The van der Waals surface area contributed by atoms with Crippen molar-refractivity contribution in [1.82, 2.24) is 5.32 Å². The molecule has 0 aromatic heterocycles. The Morgan fingerprint density at radius 2 is 1.94 bits per heavy atom. The summed E-state index contributed by atoms with van der Waals surface area (Å²) in [7, 11) is 0. The van der Waals surface area contributed by atoms with E-state index >= 15 is 0 Å². The van der Waals surface area contributed by atoms with Gasteiger partial charge in [-0.2, -0.15) is 0 Å². The minimum Gasteiger partial charge on any atom is -0.480 e. The summed E-state index contributed by atoms with van der Waals surface area (Å²) in [5.41, 5.74) is 0.618. The lowest BCUT2D eigenvalue weighted by atomic mass is 10.0. The zero-order valence-corrected chi connectivity index (χ0v) is 10.7. The molecule has 0 spiro atoms. The van der Waals surface area contributed by atoms with Crippen LogP contribution in [0.25, 0.3) is 0 Å². The first kappa shape index (κ1) is 14.7. The number of aliphatic hydroxyl groups is 1. The van der Waals surface area contributed by atoms with Gasteiger partial charge in [0.05, 0.1) is 0 Å². The average molecular weight is 251 g/mol. The summed E-state index contributed by atoms with van der Waals surface area (Å²) >= 11 is 0. The lowest BCUT2D eigenvalue weighted by Gasteiger charge is -2.20. The van der Waals surface area contributed by atoms with Crippen LogP contribution in [0.15, 0.2) is 30.3 Å². The van der Waals surface area contributed by atoms with Gasteiger partial charge in [0, 0.05) is 0 Å². The van der Waals surface area contributed by atoms with Crippen LogP contribution in [0, 0.1) is 0 Å². The Kier molecular flexibility index (Phi) is 6.39. The fourth-order valence-corrected chi connectivity index (χ4v) is 1.81. The Balaban J connectivity index is 2.59. The molecule has 1 rings (SSSR count). The van der Waals surface area contributed by atoms with Crippen LogP contribution in [0.4, 0.5) is 0 Å². The maximum Gasteiger partial charge on any atom is 0.323 e. The van der Waals surface area contributed by atoms with Gasteiger partial charge in [-0.25, -0.2) is 0 Å². The average Bonchev–Trinajstić information content (AvgIpc) is 2.39. The Morgan fingerprint density at radius 1 is 1.28 bits per heavy atom. The maximum atomic E-state index is 11.2. The number of hydrogen-bond donors (Lipinski definition) is 3. The highest BCUT2D eigenvalue weighted by atomic mass is 16.4. The molecule has 4 heteroatoms. The van der Waals surface area contributed by atoms with Crippen molar-refractivity contribution in [2.75, 3.05) is 6.54 Å². The molecule has 0 amide bonds. The lowest BCUT2D eigenvalue weighted by molar-refractivity contribution is -0.142. The number of hydrogen-bond acceptors (Lipinski definition) is 3. The summed E-state index contributed by atoms with van der Waals surface area (Å²) in [5.74, 6) is -1.03. The summed E-state index contributed by atoms with van der Waals surface area (Å²) in [4.78, 5) is 11.2. The first-order chi connectivity index (χ1) is 8.66. The monoisotopic (exact) mass is 251 g/mol. The van der Waals surface area contributed by atoms with Crippen LogP contribution in [0.2, 0.25) is 0 Å². The van der Waals surface area contributed by atoms with E-state index in [9.17, 15) is 9.90 Å². The standard InChI is InChI=1S/C14H21NO3/c1-2-3-7-10-15-12(14(17)18)13(16)11-8-5-4-6-9-11/h4-6,8-9,12-13,15-16H,2-3,7,10H2,1H3,(H,17,18). The number of carboxylic acids is 1. The number of rotatable bonds is 8. The molecule has 0 heterocycles. The molecule has 0 radical (unpaired) electrons. The van der Waals surface area contributed by atoms with E-state index in [2.05, 4.69) is 12.2 Å². The number of benzene rings is 1. The Morgan fingerprint density at radius 3 is 2.50 bits per heavy atom. The molecule has 100 valence electrons. The first-order valence-corrected chi connectivity index (χ1v) is 6.36. The van der Waals surface area contributed by atoms with E-state index in [1.165, 1.54) is 0 Å². The highest BCUT2D eigenvalue weighted by molar-refractivity contribution is 5.74. The molecule has 0 aliphatic heterocycles. The third-order valence-electron chi connectivity index (χ3n) is 2.87. The van der Waals surface area contributed by atoms with Gasteiger partial charge in [-0.3, -0.25) is 4.79 Å². The van der Waals surface area contributed by atoms with E-state index < -0.39 is 18.1 Å². The fraction of sp³-hybridized carbons (Fsp3) is 0.500. The molecular weight excluding hydrogens is 230 g/mol. The van der Waals surface area contributed by atoms with Gasteiger partial charge in [-0.15, -0.1) is 0 Å². The second-order valence-corrected chi connectivity index (χ2v) is 4.33. The van der Waals surface area contributed by atoms with Gasteiger partial charge in [0.15, 0.2) is 0 Å². The SMILES string of the molecule is CCCCCNC(C(=O)O)C(O)c1ccccc1. The van der Waals surface area contributed by atoms with Crippen LogP contribution in [-0.4, -0.2) is 28.8 Å². The highest BCUT2D eigenvalue weighted by Gasteiger charge is 2.26. The molecule has 1 aromatic rings. The van der Waals surface area contributed by atoms with Crippen molar-refractivity contribution in [3.63, 3.8) is 0 Å². The van der Waals surface area contributed by atoms with E-state index in [-0.39, 0.29) is 0 Å². The van der Waals surface area contributed by atoms with Crippen molar-refractivity contribution in [2.24, 2.45) is 0 Å². The summed E-state index contributed by atoms with van der Waals surface area (Å²) in [5, 5.41) is 22.1. The number of aliphatic carboxylic acids is 1. The smallest absolute Gasteiger partial charge is 0.323 e. The molecule has 0 bridgehead atoms. The second-order valence-electron chi connectivity index (χ2n) is 4.33.